The van der Waals surface area contributed by atoms with Crippen molar-refractivity contribution in [1.82, 2.24) is 14.9 Å². The van der Waals surface area contributed by atoms with E-state index < -0.39 is 6.09 Å². The van der Waals surface area contributed by atoms with Gasteiger partial charge in [0.2, 0.25) is 0 Å². The van der Waals surface area contributed by atoms with Gasteiger partial charge in [-0.15, -0.1) is 0 Å². The average Bonchev–Trinajstić information content (AvgIpc) is 3.09. The van der Waals surface area contributed by atoms with Crippen molar-refractivity contribution in [2.45, 2.75) is 13.0 Å². The number of hydrogen-bond donors (Lipinski definition) is 1. The molecular weight excluding hydrogens is 302 g/mol. The summed E-state index contributed by atoms with van der Waals surface area (Å²) in [6, 6.07) is 19.1. The van der Waals surface area contributed by atoms with Crippen molar-refractivity contribution >= 4 is 6.09 Å². The molecule has 2 aromatic carbocycles. The van der Waals surface area contributed by atoms with Crippen molar-refractivity contribution in [3.05, 3.63) is 73.1 Å². The van der Waals surface area contributed by atoms with E-state index in [1.165, 1.54) is 0 Å². The van der Waals surface area contributed by atoms with Crippen molar-refractivity contribution in [2.75, 3.05) is 6.54 Å². The summed E-state index contributed by atoms with van der Waals surface area (Å²) in [6.45, 7) is 1.31. The van der Waals surface area contributed by atoms with E-state index in [1.54, 1.807) is 18.3 Å². The number of nitrogens with zero attached hydrogens (tertiary/aromatic N) is 2. The highest BCUT2D eigenvalue weighted by Gasteiger charge is 2.06. The van der Waals surface area contributed by atoms with Crippen LogP contribution in [-0.2, 0) is 6.54 Å². The molecule has 1 N–H and O–H groups in total. The maximum Gasteiger partial charge on any atom is 0.412 e. The van der Waals surface area contributed by atoms with Gasteiger partial charge in [0.15, 0.2) is 0 Å². The zero-order chi connectivity index (χ0) is 16.6. The summed E-state index contributed by atoms with van der Waals surface area (Å²) in [6.07, 6.45) is 4.10. The van der Waals surface area contributed by atoms with Crippen LogP contribution in [0.1, 0.15) is 6.42 Å². The number of carbonyl (C=O) groups is 1. The van der Waals surface area contributed by atoms with E-state index in [0.717, 1.165) is 24.4 Å². The van der Waals surface area contributed by atoms with Gasteiger partial charge in [-0.3, -0.25) is 0 Å². The number of hydrogen-bond acceptors (Lipinski definition) is 3. The minimum absolute atomic E-state index is 0.435. The van der Waals surface area contributed by atoms with Crippen LogP contribution in [0.5, 0.6) is 5.75 Å². The average molecular weight is 321 g/mol. The van der Waals surface area contributed by atoms with E-state index in [4.69, 9.17) is 4.74 Å². The third kappa shape index (κ3) is 4.23. The van der Waals surface area contributed by atoms with Gasteiger partial charge in [-0.25, -0.2) is 9.78 Å². The highest BCUT2D eigenvalue weighted by atomic mass is 16.5. The summed E-state index contributed by atoms with van der Waals surface area (Å²) in [5, 5.41) is 2.76. The number of carbonyl (C=O) groups excluding carboxylic acids is 1. The molecule has 0 unspecified atom stereocenters. The monoisotopic (exact) mass is 321 g/mol. The van der Waals surface area contributed by atoms with Crippen LogP contribution >= 0.6 is 0 Å². The number of imidazole rings is 1. The Morgan fingerprint density at radius 1 is 1.04 bits per heavy atom. The van der Waals surface area contributed by atoms with Crippen molar-refractivity contribution < 1.29 is 9.53 Å². The Balaban J connectivity index is 1.46. The van der Waals surface area contributed by atoms with Crippen LogP contribution < -0.4 is 10.1 Å². The minimum Gasteiger partial charge on any atom is -0.410 e. The number of rotatable bonds is 6. The fourth-order valence-electron chi connectivity index (χ4n) is 2.41. The summed E-state index contributed by atoms with van der Waals surface area (Å²) >= 11 is 0. The molecule has 3 rings (SSSR count). The standard InChI is InChI=1S/C19H19N3O2/c23-19(24-17-10-5-2-6-11-17)21-12-7-14-22-15-13-20-18(22)16-8-3-1-4-9-16/h1-6,8-11,13,15H,7,12,14H2,(H,21,23). The summed E-state index contributed by atoms with van der Waals surface area (Å²) in [7, 11) is 0. The second-order valence-corrected chi connectivity index (χ2v) is 5.29. The molecule has 0 bridgehead atoms. The first-order valence-electron chi connectivity index (χ1n) is 7.90. The first-order valence-corrected chi connectivity index (χ1v) is 7.90. The molecule has 0 aliphatic rings. The first-order chi connectivity index (χ1) is 11.8. The van der Waals surface area contributed by atoms with E-state index in [1.807, 2.05) is 54.7 Å². The third-order valence-electron chi connectivity index (χ3n) is 3.55. The normalized spacial score (nSPS) is 10.3. The predicted molar refractivity (Wildman–Crippen MR) is 92.7 cm³/mol. The predicted octanol–water partition coefficient (Wildman–Crippen LogP) is 3.73. The highest BCUT2D eigenvalue weighted by Crippen LogP contribution is 2.16. The molecule has 0 aliphatic heterocycles. The number of benzene rings is 2. The summed E-state index contributed by atoms with van der Waals surface area (Å²) in [4.78, 5) is 16.1. The fraction of sp³-hybridized carbons (Fsp3) is 0.158. The van der Waals surface area contributed by atoms with Gasteiger partial charge >= 0.3 is 6.09 Å². The van der Waals surface area contributed by atoms with Crippen molar-refractivity contribution in [3.8, 4) is 17.1 Å². The van der Waals surface area contributed by atoms with E-state index in [0.29, 0.717) is 12.3 Å². The van der Waals surface area contributed by atoms with E-state index in [9.17, 15) is 4.79 Å². The molecule has 24 heavy (non-hydrogen) atoms. The molecule has 5 heteroatoms. The number of aryl methyl sites for hydroxylation is 1. The number of para-hydroxylation sites is 1. The molecule has 0 saturated carbocycles. The van der Waals surface area contributed by atoms with Crippen LogP contribution in [0.2, 0.25) is 0 Å². The Bertz CT molecular complexity index is 770. The SMILES string of the molecule is O=C(NCCCn1ccnc1-c1ccccc1)Oc1ccccc1. The van der Waals surface area contributed by atoms with Gasteiger partial charge in [-0.2, -0.15) is 0 Å². The van der Waals surface area contributed by atoms with Crippen LogP contribution in [0.15, 0.2) is 73.1 Å². The van der Waals surface area contributed by atoms with Crippen LogP contribution in [0.25, 0.3) is 11.4 Å². The molecular formula is C19H19N3O2. The molecule has 0 radical (unpaired) electrons. The molecule has 0 atom stereocenters. The number of amides is 1. The lowest BCUT2D eigenvalue weighted by molar-refractivity contribution is 0.200. The Morgan fingerprint density at radius 3 is 2.50 bits per heavy atom. The molecule has 0 saturated heterocycles. The maximum atomic E-state index is 11.7. The van der Waals surface area contributed by atoms with Gasteiger partial charge in [0, 0.05) is 31.0 Å². The van der Waals surface area contributed by atoms with Crippen molar-refractivity contribution in [3.63, 3.8) is 0 Å². The number of aromatic nitrogens is 2. The Hall–Kier alpha value is -3.08. The van der Waals surface area contributed by atoms with Gasteiger partial charge in [-0.1, -0.05) is 48.5 Å². The molecule has 1 aromatic heterocycles. The minimum atomic E-state index is -0.435. The molecule has 122 valence electrons. The zero-order valence-electron chi connectivity index (χ0n) is 13.3. The van der Waals surface area contributed by atoms with Crippen molar-refractivity contribution in [1.29, 1.82) is 0 Å². The van der Waals surface area contributed by atoms with Gasteiger partial charge < -0.3 is 14.6 Å². The molecule has 1 amide bonds. The lowest BCUT2D eigenvalue weighted by Gasteiger charge is -2.09. The van der Waals surface area contributed by atoms with Crippen LogP contribution in [0.3, 0.4) is 0 Å². The fourth-order valence-corrected chi connectivity index (χ4v) is 2.41. The van der Waals surface area contributed by atoms with E-state index >= 15 is 0 Å². The number of ether oxygens (including phenoxy) is 1. The molecule has 0 aliphatic carbocycles. The molecule has 5 nitrogen and oxygen atoms in total. The summed E-state index contributed by atoms with van der Waals surface area (Å²) < 4.78 is 7.26. The van der Waals surface area contributed by atoms with Gasteiger partial charge in [0.05, 0.1) is 0 Å². The smallest absolute Gasteiger partial charge is 0.410 e. The van der Waals surface area contributed by atoms with Crippen LogP contribution in [0.4, 0.5) is 4.79 Å². The second-order valence-electron chi connectivity index (χ2n) is 5.29. The maximum absolute atomic E-state index is 11.7. The topological polar surface area (TPSA) is 56.2 Å². The number of nitrogens with one attached hydrogen (secondary N) is 1. The molecule has 1 heterocycles. The second kappa shape index (κ2) is 7.97. The Morgan fingerprint density at radius 2 is 1.75 bits per heavy atom. The summed E-state index contributed by atoms with van der Waals surface area (Å²) in [5.41, 5.74) is 1.08. The molecule has 3 aromatic rings. The molecule has 0 spiro atoms. The zero-order valence-corrected chi connectivity index (χ0v) is 13.3. The largest absolute Gasteiger partial charge is 0.412 e. The summed E-state index contributed by atoms with van der Waals surface area (Å²) in [5.74, 6) is 1.47. The Kier molecular flexibility index (Phi) is 5.24. The highest BCUT2D eigenvalue weighted by molar-refractivity contribution is 5.70. The van der Waals surface area contributed by atoms with Gasteiger partial charge in [-0.05, 0) is 18.6 Å². The lowest BCUT2D eigenvalue weighted by Crippen LogP contribution is -2.28. The van der Waals surface area contributed by atoms with Crippen molar-refractivity contribution in [2.24, 2.45) is 0 Å². The van der Waals surface area contributed by atoms with E-state index in [-0.39, 0.29) is 0 Å². The Labute approximate surface area is 140 Å². The molecule has 0 fully saturated rings. The van der Waals surface area contributed by atoms with Crippen LogP contribution in [-0.4, -0.2) is 22.2 Å². The lowest BCUT2D eigenvalue weighted by atomic mass is 10.2. The first kappa shape index (κ1) is 15.8. The van der Waals surface area contributed by atoms with Crippen LogP contribution in [0, 0.1) is 0 Å². The van der Waals surface area contributed by atoms with E-state index in [2.05, 4.69) is 14.9 Å². The third-order valence-corrected chi connectivity index (χ3v) is 3.55. The van der Waals surface area contributed by atoms with Gasteiger partial charge in [0.1, 0.15) is 11.6 Å². The van der Waals surface area contributed by atoms with Gasteiger partial charge in [0.25, 0.3) is 0 Å². The quantitative estimate of drug-likeness (QED) is 0.704.